The van der Waals surface area contributed by atoms with Crippen LogP contribution < -0.4 is 5.73 Å². The predicted octanol–water partition coefficient (Wildman–Crippen LogP) is 1.42. The molecule has 18 heavy (non-hydrogen) atoms. The second-order valence-corrected chi connectivity index (χ2v) is 4.83. The third-order valence-corrected chi connectivity index (χ3v) is 3.31. The van der Waals surface area contributed by atoms with E-state index < -0.39 is 0 Å². The quantitative estimate of drug-likeness (QED) is 0.898. The molecule has 1 amide bonds. The van der Waals surface area contributed by atoms with Crippen LogP contribution in [0.1, 0.15) is 12.0 Å². The molecule has 0 spiro atoms. The number of hydrogen-bond acceptors (Lipinski definition) is 3. The van der Waals surface area contributed by atoms with Crippen molar-refractivity contribution in [3.05, 3.63) is 34.9 Å². The summed E-state index contributed by atoms with van der Waals surface area (Å²) in [6.45, 7) is 1.87. The van der Waals surface area contributed by atoms with Crippen molar-refractivity contribution in [1.82, 2.24) is 4.90 Å². The maximum atomic E-state index is 11.9. The van der Waals surface area contributed by atoms with Crippen molar-refractivity contribution in [1.29, 1.82) is 0 Å². The molecule has 1 fully saturated rings. The summed E-state index contributed by atoms with van der Waals surface area (Å²) >= 11 is 5.84. The second-order valence-electron chi connectivity index (χ2n) is 4.39. The molecule has 0 saturated carbocycles. The molecule has 1 atom stereocenters. The van der Waals surface area contributed by atoms with Crippen molar-refractivity contribution in [2.45, 2.75) is 19.0 Å². The first kappa shape index (κ1) is 13.3. The molecule has 98 valence electrons. The van der Waals surface area contributed by atoms with Gasteiger partial charge in [0.05, 0.1) is 12.6 Å². The Labute approximate surface area is 112 Å². The Morgan fingerprint density at radius 1 is 1.39 bits per heavy atom. The van der Waals surface area contributed by atoms with Crippen molar-refractivity contribution >= 4 is 17.5 Å². The zero-order valence-corrected chi connectivity index (χ0v) is 10.9. The fourth-order valence-electron chi connectivity index (χ4n) is 2.09. The lowest BCUT2D eigenvalue weighted by Crippen LogP contribution is -2.49. The molecule has 0 radical (unpaired) electrons. The van der Waals surface area contributed by atoms with Crippen LogP contribution in [0.4, 0.5) is 0 Å². The number of nitrogens with zero attached hydrogens (tertiary/aromatic N) is 1. The maximum Gasteiger partial charge on any atom is 0.249 e. The Morgan fingerprint density at radius 3 is 2.78 bits per heavy atom. The number of hydrogen-bond donors (Lipinski definition) is 1. The highest BCUT2D eigenvalue weighted by atomic mass is 35.5. The summed E-state index contributed by atoms with van der Waals surface area (Å²) in [4.78, 5) is 13.7. The first-order valence-corrected chi connectivity index (χ1v) is 6.40. The Bertz CT molecular complexity index is 406. The molecule has 1 aliphatic rings. The highest BCUT2D eigenvalue weighted by Gasteiger charge is 2.27. The van der Waals surface area contributed by atoms with Gasteiger partial charge in [-0.25, -0.2) is 0 Å². The van der Waals surface area contributed by atoms with Crippen molar-refractivity contribution in [3.8, 4) is 0 Å². The summed E-state index contributed by atoms with van der Waals surface area (Å²) < 4.78 is 5.27. The number of halogens is 1. The molecule has 1 heterocycles. The van der Waals surface area contributed by atoms with Crippen LogP contribution in [0, 0.1) is 0 Å². The standard InChI is InChI=1S/C13H17ClN2O2/c14-11-3-1-10(2-4-11)7-16-12(5-6-15)8-18-9-13(16)17/h1-4,12H,5-9,15H2. The molecule has 1 aromatic rings. The molecule has 1 aliphatic heterocycles. The molecule has 0 bridgehead atoms. The van der Waals surface area contributed by atoms with Gasteiger partial charge in [-0.3, -0.25) is 4.79 Å². The lowest BCUT2D eigenvalue weighted by molar-refractivity contribution is -0.149. The van der Waals surface area contributed by atoms with Crippen LogP contribution in [-0.4, -0.2) is 36.6 Å². The van der Waals surface area contributed by atoms with Crippen molar-refractivity contribution in [3.63, 3.8) is 0 Å². The molecule has 2 N–H and O–H groups in total. The molecule has 2 rings (SSSR count). The molecule has 4 nitrogen and oxygen atoms in total. The molecule has 1 unspecified atom stereocenters. The number of nitrogens with two attached hydrogens (primary N) is 1. The van der Waals surface area contributed by atoms with Crippen LogP contribution in [0.5, 0.6) is 0 Å². The minimum atomic E-state index is 0.0228. The fourth-order valence-corrected chi connectivity index (χ4v) is 2.22. The number of carbonyl (C=O) groups excluding carboxylic acids is 1. The van der Waals surface area contributed by atoms with Crippen molar-refractivity contribution < 1.29 is 9.53 Å². The van der Waals surface area contributed by atoms with Crippen molar-refractivity contribution in [2.75, 3.05) is 19.8 Å². The number of ether oxygens (including phenoxy) is 1. The largest absolute Gasteiger partial charge is 0.369 e. The van der Waals surface area contributed by atoms with E-state index in [1.165, 1.54) is 0 Å². The highest BCUT2D eigenvalue weighted by Crippen LogP contribution is 2.17. The van der Waals surface area contributed by atoms with Gasteiger partial charge in [0, 0.05) is 11.6 Å². The van der Waals surface area contributed by atoms with Gasteiger partial charge >= 0.3 is 0 Å². The zero-order chi connectivity index (χ0) is 13.0. The summed E-state index contributed by atoms with van der Waals surface area (Å²) in [5, 5.41) is 0.700. The van der Waals surface area contributed by atoms with E-state index in [1.54, 1.807) is 0 Å². The Hall–Kier alpha value is -1.10. The smallest absolute Gasteiger partial charge is 0.249 e. The molecule has 0 aliphatic carbocycles. The van der Waals surface area contributed by atoms with Gasteiger partial charge in [0.15, 0.2) is 0 Å². The summed E-state index contributed by atoms with van der Waals surface area (Å²) in [5.41, 5.74) is 6.64. The van der Waals surface area contributed by atoms with Gasteiger partial charge in [-0.05, 0) is 30.7 Å². The number of carbonyl (C=O) groups is 1. The average molecular weight is 269 g/mol. The molecule has 1 aromatic carbocycles. The molecular weight excluding hydrogens is 252 g/mol. The monoisotopic (exact) mass is 268 g/mol. The fraction of sp³-hybridized carbons (Fsp3) is 0.462. The minimum Gasteiger partial charge on any atom is -0.369 e. The predicted molar refractivity (Wildman–Crippen MR) is 70.3 cm³/mol. The number of benzene rings is 1. The molecule has 1 saturated heterocycles. The van der Waals surface area contributed by atoms with E-state index in [0.717, 1.165) is 12.0 Å². The number of morpholine rings is 1. The number of rotatable bonds is 4. The van der Waals surface area contributed by atoms with E-state index in [0.29, 0.717) is 24.7 Å². The van der Waals surface area contributed by atoms with Gasteiger partial charge in [-0.2, -0.15) is 0 Å². The molecule has 5 heteroatoms. The SMILES string of the molecule is NCCC1COCC(=O)N1Cc1ccc(Cl)cc1. The second kappa shape index (κ2) is 6.18. The van der Waals surface area contributed by atoms with E-state index in [-0.39, 0.29) is 18.6 Å². The topological polar surface area (TPSA) is 55.6 Å². The lowest BCUT2D eigenvalue weighted by Gasteiger charge is -2.35. The third-order valence-electron chi connectivity index (χ3n) is 3.06. The van der Waals surface area contributed by atoms with Gasteiger partial charge < -0.3 is 15.4 Å². The van der Waals surface area contributed by atoms with Gasteiger partial charge in [-0.1, -0.05) is 23.7 Å². The van der Waals surface area contributed by atoms with Crippen molar-refractivity contribution in [2.24, 2.45) is 5.73 Å². The summed E-state index contributed by atoms with van der Waals surface area (Å²) in [7, 11) is 0. The Kier molecular flexibility index (Phi) is 4.58. The summed E-state index contributed by atoms with van der Waals surface area (Å²) in [6, 6.07) is 7.61. The number of amides is 1. The van der Waals surface area contributed by atoms with E-state index in [2.05, 4.69) is 0 Å². The van der Waals surface area contributed by atoms with Crippen LogP contribution in [0.3, 0.4) is 0 Å². The van der Waals surface area contributed by atoms with Crippen LogP contribution in [0.25, 0.3) is 0 Å². The third kappa shape index (κ3) is 3.22. The van der Waals surface area contributed by atoms with Gasteiger partial charge in [-0.15, -0.1) is 0 Å². The lowest BCUT2D eigenvalue weighted by atomic mass is 10.1. The van der Waals surface area contributed by atoms with E-state index >= 15 is 0 Å². The van der Waals surface area contributed by atoms with E-state index in [4.69, 9.17) is 22.1 Å². The van der Waals surface area contributed by atoms with Crippen LogP contribution in [0.2, 0.25) is 5.02 Å². The van der Waals surface area contributed by atoms with Crippen LogP contribution >= 0.6 is 11.6 Å². The Morgan fingerprint density at radius 2 is 2.11 bits per heavy atom. The first-order chi connectivity index (χ1) is 8.70. The molecular formula is C13H17ClN2O2. The van der Waals surface area contributed by atoms with Crippen LogP contribution in [0.15, 0.2) is 24.3 Å². The first-order valence-electron chi connectivity index (χ1n) is 6.02. The average Bonchev–Trinajstić information content (AvgIpc) is 2.36. The van der Waals surface area contributed by atoms with E-state index in [9.17, 15) is 4.79 Å². The summed E-state index contributed by atoms with van der Waals surface area (Å²) in [5.74, 6) is 0.0228. The normalized spacial score (nSPS) is 20.2. The maximum absolute atomic E-state index is 11.9. The van der Waals surface area contributed by atoms with Crippen LogP contribution in [-0.2, 0) is 16.1 Å². The highest BCUT2D eigenvalue weighted by molar-refractivity contribution is 6.30. The molecule has 0 aromatic heterocycles. The van der Waals surface area contributed by atoms with Gasteiger partial charge in [0.2, 0.25) is 5.91 Å². The van der Waals surface area contributed by atoms with E-state index in [1.807, 2.05) is 29.2 Å². The van der Waals surface area contributed by atoms with Gasteiger partial charge in [0.25, 0.3) is 0 Å². The van der Waals surface area contributed by atoms with Gasteiger partial charge in [0.1, 0.15) is 6.61 Å². The summed E-state index contributed by atoms with van der Waals surface area (Å²) in [6.07, 6.45) is 0.763. The minimum absolute atomic E-state index is 0.0228. The zero-order valence-electron chi connectivity index (χ0n) is 10.1. The Balaban J connectivity index is 2.08.